The van der Waals surface area contributed by atoms with Gasteiger partial charge in [0.05, 0.1) is 0 Å². The molecule has 0 heterocycles. The molecule has 0 aromatic heterocycles. The molecule has 0 aliphatic heterocycles. The van der Waals surface area contributed by atoms with Gasteiger partial charge in [-0.15, -0.1) is 0 Å². The van der Waals surface area contributed by atoms with Gasteiger partial charge in [-0.1, -0.05) is 20.3 Å². The Morgan fingerprint density at radius 3 is 2.36 bits per heavy atom. The van der Waals surface area contributed by atoms with Gasteiger partial charge in [-0.3, -0.25) is 0 Å². The van der Waals surface area contributed by atoms with E-state index < -0.39 is 0 Å². The van der Waals surface area contributed by atoms with Crippen molar-refractivity contribution in [2.75, 3.05) is 26.7 Å². The van der Waals surface area contributed by atoms with Gasteiger partial charge in [-0.05, 0) is 37.6 Å². The number of aliphatic hydroxyl groups is 1. The van der Waals surface area contributed by atoms with Crippen LogP contribution in [0.4, 0.5) is 0 Å². The van der Waals surface area contributed by atoms with Crippen molar-refractivity contribution in [3.63, 3.8) is 0 Å². The summed E-state index contributed by atoms with van der Waals surface area (Å²) < 4.78 is 0. The third kappa shape index (κ3) is 3.58. The normalized spacial score (nSPS) is 20.1. The zero-order valence-electron chi connectivity index (χ0n) is 9.87. The van der Waals surface area contributed by atoms with E-state index in [4.69, 9.17) is 0 Å². The SMILES string of the molecule is CC(C)C(CO)CN(C)CC1CCC1. The van der Waals surface area contributed by atoms with Gasteiger partial charge in [0.2, 0.25) is 0 Å². The van der Waals surface area contributed by atoms with Crippen LogP contribution in [0.15, 0.2) is 0 Å². The van der Waals surface area contributed by atoms with Crippen molar-refractivity contribution < 1.29 is 5.11 Å². The van der Waals surface area contributed by atoms with Gasteiger partial charge < -0.3 is 10.0 Å². The second-order valence-electron chi connectivity index (χ2n) is 5.20. The van der Waals surface area contributed by atoms with E-state index in [1.54, 1.807) is 0 Å². The molecule has 2 heteroatoms. The molecule has 1 fully saturated rings. The van der Waals surface area contributed by atoms with Gasteiger partial charge in [-0.25, -0.2) is 0 Å². The molecule has 0 saturated heterocycles. The maximum absolute atomic E-state index is 9.22. The van der Waals surface area contributed by atoms with Crippen LogP contribution in [0.1, 0.15) is 33.1 Å². The molecular formula is C12H25NO. The summed E-state index contributed by atoms with van der Waals surface area (Å²) in [5, 5.41) is 9.22. The molecule has 14 heavy (non-hydrogen) atoms. The fourth-order valence-corrected chi connectivity index (χ4v) is 2.07. The molecule has 2 nitrogen and oxygen atoms in total. The summed E-state index contributed by atoms with van der Waals surface area (Å²) in [5.74, 6) is 1.97. The summed E-state index contributed by atoms with van der Waals surface area (Å²) in [4.78, 5) is 2.39. The van der Waals surface area contributed by atoms with Crippen LogP contribution < -0.4 is 0 Å². The number of aliphatic hydroxyl groups excluding tert-OH is 1. The molecule has 1 unspecified atom stereocenters. The molecule has 1 aliphatic carbocycles. The smallest absolute Gasteiger partial charge is 0.0473 e. The van der Waals surface area contributed by atoms with Gasteiger partial charge >= 0.3 is 0 Å². The molecule has 0 spiro atoms. The molecular weight excluding hydrogens is 174 g/mol. The summed E-state index contributed by atoms with van der Waals surface area (Å²) in [6.07, 6.45) is 4.25. The van der Waals surface area contributed by atoms with Gasteiger partial charge in [0.25, 0.3) is 0 Å². The first-order valence-electron chi connectivity index (χ1n) is 5.93. The lowest BCUT2D eigenvalue weighted by atomic mass is 9.85. The Kier molecular flexibility index (Phi) is 4.90. The topological polar surface area (TPSA) is 23.5 Å². The van der Waals surface area contributed by atoms with Gasteiger partial charge in [0.15, 0.2) is 0 Å². The second kappa shape index (κ2) is 5.72. The molecule has 0 bridgehead atoms. The maximum Gasteiger partial charge on any atom is 0.0473 e. The zero-order chi connectivity index (χ0) is 10.6. The van der Waals surface area contributed by atoms with Crippen LogP contribution in [0.5, 0.6) is 0 Å². The van der Waals surface area contributed by atoms with Crippen LogP contribution in [0.25, 0.3) is 0 Å². The summed E-state index contributed by atoms with van der Waals surface area (Å²) in [5.41, 5.74) is 0. The summed E-state index contributed by atoms with van der Waals surface area (Å²) in [7, 11) is 2.18. The van der Waals surface area contributed by atoms with E-state index in [0.717, 1.165) is 12.5 Å². The summed E-state index contributed by atoms with van der Waals surface area (Å²) >= 11 is 0. The van der Waals surface area contributed by atoms with Crippen LogP contribution in [-0.4, -0.2) is 36.8 Å². The van der Waals surface area contributed by atoms with Crippen LogP contribution in [0.3, 0.4) is 0 Å². The van der Waals surface area contributed by atoms with Crippen LogP contribution in [-0.2, 0) is 0 Å². The fourth-order valence-electron chi connectivity index (χ4n) is 2.07. The molecule has 84 valence electrons. The second-order valence-corrected chi connectivity index (χ2v) is 5.20. The first kappa shape index (κ1) is 12.0. The molecule has 1 rings (SSSR count). The third-order valence-corrected chi connectivity index (χ3v) is 3.52. The molecule has 1 aliphatic rings. The molecule has 0 aromatic rings. The first-order valence-corrected chi connectivity index (χ1v) is 5.93. The quantitative estimate of drug-likeness (QED) is 0.707. The Morgan fingerprint density at radius 2 is 2.00 bits per heavy atom. The minimum absolute atomic E-state index is 0.326. The summed E-state index contributed by atoms with van der Waals surface area (Å²) in [6, 6.07) is 0. The average molecular weight is 199 g/mol. The van der Waals surface area contributed by atoms with Crippen molar-refractivity contribution in [2.45, 2.75) is 33.1 Å². The summed E-state index contributed by atoms with van der Waals surface area (Å²) in [6.45, 7) is 6.98. The first-order chi connectivity index (χ1) is 6.63. The minimum Gasteiger partial charge on any atom is -0.396 e. The van der Waals surface area contributed by atoms with Crippen LogP contribution in [0.2, 0.25) is 0 Å². The van der Waals surface area contributed by atoms with E-state index in [9.17, 15) is 5.11 Å². The Morgan fingerprint density at radius 1 is 1.36 bits per heavy atom. The van der Waals surface area contributed by atoms with E-state index in [-0.39, 0.29) is 0 Å². The fraction of sp³-hybridized carbons (Fsp3) is 1.00. The van der Waals surface area contributed by atoms with E-state index in [1.165, 1.54) is 25.8 Å². The molecule has 1 N–H and O–H groups in total. The van der Waals surface area contributed by atoms with Crippen molar-refractivity contribution in [1.29, 1.82) is 0 Å². The number of hydrogen-bond donors (Lipinski definition) is 1. The Balaban J connectivity index is 2.19. The largest absolute Gasteiger partial charge is 0.396 e. The lowest BCUT2D eigenvalue weighted by molar-refractivity contribution is 0.124. The predicted octanol–water partition coefficient (Wildman–Crippen LogP) is 1.98. The van der Waals surface area contributed by atoms with E-state index in [0.29, 0.717) is 18.4 Å². The van der Waals surface area contributed by atoms with Gasteiger partial charge in [-0.2, -0.15) is 0 Å². The predicted molar refractivity (Wildman–Crippen MR) is 60.3 cm³/mol. The minimum atomic E-state index is 0.326. The van der Waals surface area contributed by atoms with E-state index in [1.807, 2.05) is 0 Å². The maximum atomic E-state index is 9.22. The van der Waals surface area contributed by atoms with E-state index >= 15 is 0 Å². The number of nitrogens with zero attached hydrogens (tertiary/aromatic N) is 1. The van der Waals surface area contributed by atoms with Gasteiger partial charge in [0.1, 0.15) is 0 Å². The Labute approximate surface area is 88.3 Å². The van der Waals surface area contributed by atoms with Crippen molar-refractivity contribution in [1.82, 2.24) is 4.90 Å². The number of hydrogen-bond acceptors (Lipinski definition) is 2. The van der Waals surface area contributed by atoms with Crippen molar-refractivity contribution >= 4 is 0 Å². The number of rotatable bonds is 6. The van der Waals surface area contributed by atoms with Crippen molar-refractivity contribution in [2.24, 2.45) is 17.8 Å². The van der Waals surface area contributed by atoms with Crippen molar-refractivity contribution in [3.8, 4) is 0 Å². The molecule has 0 aromatic carbocycles. The van der Waals surface area contributed by atoms with Gasteiger partial charge in [0, 0.05) is 19.7 Å². The lowest BCUT2D eigenvalue weighted by Gasteiger charge is -2.32. The molecule has 1 atom stereocenters. The monoisotopic (exact) mass is 199 g/mol. The third-order valence-electron chi connectivity index (χ3n) is 3.52. The highest BCUT2D eigenvalue weighted by atomic mass is 16.3. The van der Waals surface area contributed by atoms with E-state index in [2.05, 4.69) is 25.8 Å². The van der Waals surface area contributed by atoms with Crippen molar-refractivity contribution in [3.05, 3.63) is 0 Å². The van der Waals surface area contributed by atoms with Crippen LogP contribution in [0, 0.1) is 17.8 Å². The molecule has 1 saturated carbocycles. The average Bonchev–Trinajstić information content (AvgIpc) is 2.07. The zero-order valence-corrected chi connectivity index (χ0v) is 9.87. The molecule has 0 radical (unpaired) electrons. The Hall–Kier alpha value is -0.0800. The lowest BCUT2D eigenvalue weighted by Crippen LogP contribution is -2.35. The highest BCUT2D eigenvalue weighted by molar-refractivity contribution is 4.74. The standard InChI is InChI=1S/C12H25NO/c1-10(2)12(9-14)8-13(3)7-11-5-4-6-11/h10-12,14H,4-9H2,1-3H3. The highest BCUT2D eigenvalue weighted by Gasteiger charge is 2.21. The highest BCUT2D eigenvalue weighted by Crippen LogP contribution is 2.27. The molecule has 0 amide bonds. The van der Waals surface area contributed by atoms with Crippen LogP contribution >= 0.6 is 0 Å². The Bertz CT molecular complexity index is 154.